The third kappa shape index (κ3) is 3.22. The summed E-state index contributed by atoms with van der Waals surface area (Å²) in [5.74, 6) is -0.0153. The van der Waals surface area contributed by atoms with Crippen molar-refractivity contribution in [2.75, 3.05) is 6.54 Å². The van der Waals surface area contributed by atoms with Gasteiger partial charge in [0, 0.05) is 13.0 Å². The van der Waals surface area contributed by atoms with Crippen LogP contribution in [0, 0.1) is 17.3 Å². The maximum atomic E-state index is 11.6. The van der Waals surface area contributed by atoms with Gasteiger partial charge in [-0.3, -0.25) is 9.59 Å². The largest absolute Gasteiger partial charge is 0.481 e. The molecule has 0 aromatic heterocycles. The molecule has 0 bridgehead atoms. The van der Waals surface area contributed by atoms with Crippen molar-refractivity contribution in [3.05, 3.63) is 0 Å². The highest BCUT2D eigenvalue weighted by Gasteiger charge is 2.50. The van der Waals surface area contributed by atoms with Crippen LogP contribution in [-0.2, 0) is 9.59 Å². The molecular weight excluding hydrogens is 206 g/mol. The van der Waals surface area contributed by atoms with Gasteiger partial charge in [-0.1, -0.05) is 20.8 Å². The summed E-state index contributed by atoms with van der Waals surface area (Å²) in [6.07, 6.45) is 1.85. The van der Waals surface area contributed by atoms with E-state index in [1.807, 2.05) is 6.92 Å². The molecule has 1 atom stereocenters. The molecule has 1 aliphatic carbocycles. The van der Waals surface area contributed by atoms with E-state index in [1.165, 1.54) is 0 Å². The molecule has 4 nitrogen and oxygen atoms in total. The minimum absolute atomic E-state index is 0.0336. The van der Waals surface area contributed by atoms with Crippen LogP contribution in [0.5, 0.6) is 0 Å². The van der Waals surface area contributed by atoms with Crippen molar-refractivity contribution >= 4 is 11.9 Å². The lowest BCUT2D eigenvalue weighted by Gasteiger charge is -2.16. The number of hydrogen-bond donors (Lipinski definition) is 2. The van der Waals surface area contributed by atoms with E-state index in [2.05, 4.69) is 19.2 Å². The Balaban J connectivity index is 2.28. The van der Waals surface area contributed by atoms with Crippen LogP contribution in [0.2, 0.25) is 0 Å². The average Bonchev–Trinajstić information content (AvgIpc) is 2.95. The monoisotopic (exact) mass is 227 g/mol. The van der Waals surface area contributed by atoms with Crippen molar-refractivity contribution < 1.29 is 14.7 Å². The molecule has 1 rings (SSSR count). The Kier molecular flexibility index (Phi) is 3.94. The van der Waals surface area contributed by atoms with Gasteiger partial charge in [-0.05, 0) is 24.7 Å². The molecule has 0 aliphatic heterocycles. The first kappa shape index (κ1) is 13.0. The molecule has 2 N–H and O–H groups in total. The molecule has 1 aliphatic rings. The van der Waals surface area contributed by atoms with Gasteiger partial charge in [0.05, 0.1) is 5.41 Å². The fraction of sp³-hybridized carbons (Fsp3) is 0.833. The highest BCUT2D eigenvalue weighted by atomic mass is 16.4. The van der Waals surface area contributed by atoms with Crippen molar-refractivity contribution in [2.45, 2.75) is 40.0 Å². The lowest BCUT2D eigenvalue weighted by Crippen LogP contribution is -2.35. The molecular formula is C12H21NO3. The Morgan fingerprint density at radius 1 is 1.31 bits per heavy atom. The van der Waals surface area contributed by atoms with Crippen molar-refractivity contribution in [3.8, 4) is 0 Å². The van der Waals surface area contributed by atoms with Crippen LogP contribution < -0.4 is 5.32 Å². The molecule has 0 saturated heterocycles. The summed E-state index contributed by atoms with van der Waals surface area (Å²) in [4.78, 5) is 22.4. The zero-order valence-corrected chi connectivity index (χ0v) is 10.2. The predicted molar refractivity (Wildman–Crippen MR) is 60.9 cm³/mol. The summed E-state index contributed by atoms with van der Waals surface area (Å²) in [6.45, 7) is 6.48. The number of nitrogens with one attached hydrogen (secondary N) is 1. The number of aliphatic carboxylic acids is 1. The third-order valence-electron chi connectivity index (χ3n) is 3.58. The van der Waals surface area contributed by atoms with Crippen molar-refractivity contribution in [2.24, 2.45) is 17.3 Å². The molecule has 0 aromatic carbocycles. The van der Waals surface area contributed by atoms with Gasteiger partial charge in [0.1, 0.15) is 0 Å². The number of amides is 1. The number of carbonyl (C=O) groups is 2. The summed E-state index contributed by atoms with van der Waals surface area (Å²) < 4.78 is 0. The standard InChI is InChI=1S/C12H21NO3/c1-8(2)9(3)6-10(14)13-7-12(4-5-12)11(15)16/h8-9H,4-7H2,1-3H3,(H,13,14)(H,15,16). The SMILES string of the molecule is CC(C)C(C)CC(=O)NCC1(C(=O)O)CC1. The molecule has 0 radical (unpaired) electrons. The van der Waals surface area contributed by atoms with Gasteiger partial charge in [-0.15, -0.1) is 0 Å². The molecule has 4 heteroatoms. The number of carboxylic acid groups (broad SMARTS) is 1. The van der Waals surface area contributed by atoms with E-state index in [0.717, 1.165) is 0 Å². The average molecular weight is 227 g/mol. The van der Waals surface area contributed by atoms with Crippen LogP contribution >= 0.6 is 0 Å². The minimum atomic E-state index is -0.787. The molecule has 0 heterocycles. The summed E-state index contributed by atoms with van der Waals surface area (Å²) in [6, 6.07) is 0. The van der Waals surface area contributed by atoms with Crippen LogP contribution in [-0.4, -0.2) is 23.5 Å². The maximum Gasteiger partial charge on any atom is 0.311 e. The molecule has 0 aromatic rings. The quantitative estimate of drug-likeness (QED) is 0.725. The van der Waals surface area contributed by atoms with Crippen LogP contribution in [0.1, 0.15) is 40.0 Å². The van der Waals surface area contributed by atoms with E-state index in [-0.39, 0.29) is 12.5 Å². The fourth-order valence-corrected chi connectivity index (χ4v) is 1.49. The van der Waals surface area contributed by atoms with E-state index in [9.17, 15) is 9.59 Å². The summed E-state index contributed by atoms with van der Waals surface area (Å²) >= 11 is 0. The number of carbonyl (C=O) groups excluding carboxylic acids is 1. The summed E-state index contributed by atoms with van der Waals surface area (Å²) in [5.41, 5.74) is -0.656. The number of hydrogen-bond acceptors (Lipinski definition) is 2. The van der Waals surface area contributed by atoms with Crippen LogP contribution in [0.25, 0.3) is 0 Å². The van der Waals surface area contributed by atoms with E-state index in [0.29, 0.717) is 31.1 Å². The Morgan fingerprint density at radius 2 is 1.88 bits per heavy atom. The van der Waals surface area contributed by atoms with E-state index >= 15 is 0 Å². The number of rotatable bonds is 6. The molecule has 1 amide bonds. The van der Waals surface area contributed by atoms with Gasteiger partial charge < -0.3 is 10.4 Å². The van der Waals surface area contributed by atoms with Gasteiger partial charge in [0.2, 0.25) is 5.91 Å². The molecule has 1 unspecified atom stereocenters. The predicted octanol–water partition coefficient (Wildman–Crippen LogP) is 1.65. The Labute approximate surface area is 96.4 Å². The van der Waals surface area contributed by atoms with E-state index < -0.39 is 11.4 Å². The highest BCUT2D eigenvalue weighted by molar-refractivity contribution is 5.81. The second kappa shape index (κ2) is 4.85. The molecule has 1 fully saturated rings. The molecule has 16 heavy (non-hydrogen) atoms. The van der Waals surface area contributed by atoms with Crippen molar-refractivity contribution in [3.63, 3.8) is 0 Å². The highest BCUT2D eigenvalue weighted by Crippen LogP contribution is 2.45. The smallest absolute Gasteiger partial charge is 0.311 e. The third-order valence-corrected chi connectivity index (χ3v) is 3.58. The van der Waals surface area contributed by atoms with E-state index in [4.69, 9.17) is 5.11 Å². The van der Waals surface area contributed by atoms with Gasteiger partial charge >= 0.3 is 5.97 Å². The topological polar surface area (TPSA) is 66.4 Å². The normalized spacial score (nSPS) is 19.2. The van der Waals surface area contributed by atoms with Gasteiger partial charge in [-0.2, -0.15) is 0 Å². The Bertz CT molecular complexity index is 282. The molecule has 1 saturated carbocycles. The Morgan fingerprint density at radius 3 is 2.25 bits per heavy atom. The number of carboxylic acids is 1. The lowest BCUT2D eigenvalue weighted by atomic mass is 9.94. The van der Waals surface area contributed by atoms with Gasteiger partial charge in [0.25, 0.3) is 0 Å². The van der Waals surface area contributed by atoms with Crippen LogP contribution in [0.15, 0.2) is 0 Å². The van der Waals surface area contributed by atoms with Crippen LogP contribution in [0.4, 0.5) is 0 Å². The first-order valence-corrected chi connectivity index (χ1v) is 5.87. The lowest BCUT2D eigenvalue weighted by molar-refractivity contribution is -0.143. The maximum absolute atomic E-state index is 11.6. The van der Waals surface area contributed by atoms with Gasteiger partial charge in [-0.25, -0.2) is 0 Å². The van der Waals surface area contributed by atoms with E-state index in [1.54, 1.807) is 0 Å². The fourth-order valence-electron chi connectivity index (χ4n) is 1.49. The van der Waals surface area contributed by atoms with Gasteiger partial charge in [0.15, 0.2) is 0 Å². The summed E-state index contributed by atoms with van der Waals surface area (Å²) in [5, 5.41) is 11.7. The zero-order chi connectivity index (χ0) is 12.3. The first-order valence-electron chi connectivity index (χ1n) is 5.87. The molecule has 92 valence electrons. The van der Waals surface area contributed by atoms with Crippen LogP contribution in [0.3, 0.4) is 0 Å². The Hall–Kier alpha value is -1.06. The van der Waals surface area contributed by atoms with Crippen molar-refractivity contribution in [1.29, 1.82) is 0 Å². The first-order chi connectivity index (χ1) is 7.37. The second-order valence-electron chi connectivity index (χ2n) is 5.29. The minimum Gasteiger partial charge on any atom is -0.481 e. The zero-order valence-electron chi connectivity index (χ0n) is 10.2. The molecule has 0 spiro atoms. The van der Waals surface area contributed by atoms with Crippen molar-refractivity contribution in [1.82, 2.24) is 5.32 Å². The second-order valence-corrected chi connectivity index (χ2v) is 5.29. The summed E-state index contributed by atoms with van der Waals surface area (Å²) in [7, 11) is 0.